The number of aliphatic hydroxyl groups is 1. The standard InChI is InChI=1S/C28H36O11/c1-14-8-10-21(36-17(4)30)27(7)22(37-18(5)31)11-9-20(13-35-16(3)29)12-23-28(34,15(2)26(33)39-23)25(24(14)27)38-19(6)32/h8-9,11-12,15,21-25,34H,10,13H2,1-7H3/b11-9+,20-12+/t15-,21-,22-,23-,24+,25?,27+,28-/m0/s1. The highest BCUT2D eigenvalue weighted by Crippen LogP contribution is 2.54. The van der Waals surface area contributed by atoms with E-state index < -0.39 is 77.1 Å². The highest BCUT2D eigenvalue weighted by Gasteiger charge is 2.66. The van der Waals surface area contributed by atoms with Crippen LogP contribution in [0.4, 0.5) is 0 Å². The van der Waals surface area contributed by atoms with Gasteiger partial charge in [-0.15, -0.1) is 0 Å². The second-order valence-corrected chi connectivity index (χ2v) is 10.5. The third-order valence-electron chi connectivity index (χ3n) is 7.81. The van der Waals surface area contributed by atoms with Crippen LogP contribution in [0.25, 0.3) is 0 Å². The van der Waals surface area contributed by atoms with Crippen LogP contribution in [0.2, 0.25) is 0 Å². The Morgan fingerprint density at radius 1 is 1.03 bits per heavy atom. The first-order valence-electron chi connectivity index (χ1n) is 12.8. The van der Waals surface area contributed by atoms with Crippen molar-refractivity contribution in [3.63, 3.8) is 0 Å². The fraction of sp³-hybridized carbons (Fsp3) is 0.607. The van der Waals surface area contributed by atoms with Crippen molar-refractivity contribution in [1.82, 2.24) is 0 Å². The number of carbonyl (C=O) groups excluding carboxylic acids is 5. The average Bonchev–Trinajstić information content (AvgIpc) is 3.03. The van der Waals surface area contributed by atoms with Gasteiger partial charge in [-0.05, 0) is 31.6 Å². The maximum absolute atomic E-state index is 12.9. The van der Waals surface area contributed by atoms with Crippen molar-refractivity contribution in [1.29, 1.82) is 0 Å². The van der Waals surface area contributed by atoms with Gasteiger partial charge in [0, 0.05) is 40.0 Å². The van der Waals surface area contributed by atoms with Gasteiger partial charge in [0.25, 0.3) is 0 Å². The number of esters is 5. The van der Waals surface area contributed by atoms with Gasteiger partial charge in [0.05, 0.1) is 11.3 Å². The molecular formula is C28H36O11. The number of ether oxygens (including phenoxy) is 5. The van der Waals surface area contributed by atoms with Gasteiger partial charge in [0.1, 0.15) is 24.9 Å². The van der Waals surface area contributed by atoms with Gasteiger partial charge in [-0.25, -0.2) is 0 Å². The van der Waals surface area contributed by atoms with E-state index in [9.17, 15) is 29.1 Å². The molecule has 1 N–H and O–H groups in total. The Balaban J connectivity index is 2.39. The van der Waals surface area contributed by atoms with Gasteiger partial charge in [-0.3, -0.25) is 24.0 Å². The summed E-state index contributed by atoms with van der Waals surface area (Å²) >= 11 is 0. The van der Waals surface area contributed by atoms with E-state index in [1.165, 1.54) is 40.7 Å². The summed E-state index contributed by atoms with van der Waals surface area (Å²) in [5.41, 5.74) is -2.41. The molecule has 0 saturated carbocycles. The van der Waals surface area contributed by atoms with Crippen molar-refractivity contribution in [2.45, 2.75) is 84.9 Å². The maximum atomic E-state index is 12.9. The predicted octanol–water partition coefficient (Wildman–Crippen LogP) is 2.11. The fourth-order valence-electron chi connectivity index (χ4n) is 5.90. The van der Waals surface area contributed by atoms with Crippen LogP contribution in [0.5, 0.6) is 0 Å². The zero-order chi connectivity index (χ0) is 29.3. The van der Waals surface area contributed by atoms with E-state index in [0.29, 0.717) is 11.1 Å². The zero-order valence-electron chi connectivity index (χ0n) is 23.2. The first-order valence-corrected chi connectivity index (χ1v) is 12.8. The predicted molar refractivity (Wildman–Crippen MR) is 134 cm³/mol. The van der Waals surface area contributed by atoms with Crippen LogP contribution < -0.4 is 0 Å². The fourth-order valence-corrected chi connectivity index (χ4v) is 5.90. The molecule has 2 aliphatic carbocycles. The Bertz CT molecular complexity index is 1130. The molecule has 1 heterocycles. The lowest BCUT2D eigenvalue weighted by Crippen LogP contribution is -2.65. The minimum Gasteiger partial charge on any atom is -0.461 e. The molecule has 3 aliphatic rings. The molecule has 0 spiro atoms. The monoisotopic (exact) mass is 548 g/mol. The van der Waals surface area contributed by atoms with Crippen molar-refractivity contribution >= 4 is 29.8 Å². The first-order chi connectivity index (χ1) is 18.1. The van der Waals surface area contributed by atoms with Crippen LogP contribution in [-0.2, 0) is 47.7 Å². The average molecular weight is 549 g/mol. The van der Waals surface area contributed by atoms with Gasteiger partial charge in [-0.2, -0.15) is 0 Å². The van der Waals surface area contributed by atoms with E-state index in [1.807, 2.05) is 0 Å². The summed E-state index contributed by atoms with van der Waals surface area (Å²) in [6.07, 6.45) is 1.93. The zero-order valence-corrected chi connectivity index (χ0v) is 23.2. The Hall–Kier alpha value is -3.47. The lowest BCUT2D eigenvalue weighted by atomic mass is 9.56. The summed E-state index contributed by atoms with van der Waals surface area (Å²) < 4.78 is 28.1. The van der Waals surface area contributed by atoms with E-state index in [2.05, 4.69) is 0 Å². The van der Waals surface area contributed by atoms with Crippen molar-refractivity contribution in [2.75, 3.05) is 6.61 Å². The Labute approximate surface area is 227 Å². The molecule has 0 bridgehead atoms. The van der Waals surface area contributed by atoms with Crippen LogP contribution >= 0.6 is 0 Å². The number of rotatable bonds is 5. The third kappa shape index (κ3) is 5.78. The number of hydrogen-bond donors (Lipinski definition) is 1. The molecule has 1 fully saturated rings. The van der Waals surface area contributed by atoms with Gasteiger partial charge < -0.3 is 28.8 Å². The molecule has 214 valence electrons. The van der Waals surface area contributed by atoms with E-state index in [0.717, 1.165) is 0 Å². The van der Waals surface area contributed by atoms with Crippen molar-refractivity contribution in [2.24, 2.45) is 17.3 Å². The SMILES string of the molecule is CC(=O)OCC1=C/[C@@H]2OC(=O)[C@H](C)[C@@]2(O)C(OC(C)=O)[C@H]2C(C)=CC[C@H](OC(C)=O)[C@]2(C)[C@@H](OC(C)=O)\C=C\1. The smallest absolute Gasteiger partial charge is 0.312 e. The molecule has 0 amide bonds. The van der Waals surface area contributed by atoms with Crippen LogP contribution in [0.15, 0.2) is 35.5 Å². The lowest BCUT2D eigenvalue weighted by molar-refractivity contribution is -0.211. The molecule has 3 rings (SSSR count). The molecule has 0 aromatic rings. The highest BCUT2D eigenvalue weighted by atomic mass is 16.6. The normalized spacial score (nSPS) is 37.9. The molecule has 0 aromatic carbocycles. The van der Waals surface area contributed by atoms with E-state index >= 15 is 0 Å². The van der Waals surface area contributed by atoms with E-state index in [1.54, 1.807) is 32.1 Å². The van der Waals surface area contributed by atoms with Crippen molar-refractivity contribution in [3.05, 3.63) is 35.5 Å². The summed E-state index contributed by atoms with van der Waals surface area (Å²) in [7, 11) is 0. The van der Waals surface area contributed by atoms with Crippen LogP contribution in [0, 0.1) is 17.3 Å². The molecule has 1 saturated heterocycles. The number of fused-ring (bicyclic) bond motifs is 2. The minimum absolute atomic E-state index is 0.248. The molecule has 39 heavy (non-hydrogen) atoms. The highest BCUT2D eigenvalue weighted by molar-refractivity contribution is 5.78. The number of carbonyl (C=O) groups is 5. The molecule has 11 heteroatoms. The van der Waals surface area contributed by atoms with Gasteiger partial charge in [0.2, 0.25) is 0 Å². The Morgan fingerprint density at radius 3 is 2.21 bits per heavy atom. The molecule has 1 aliphatic heterocycles. The van der Waals surface area contributed by atoms with Crippen LogP contribution in [-0.4, -0.2) is 71.6 Å². The maximum Gasteiger partial charge on any atom is 0.312 e. The second kappa shape index (κ2) is 11.3. The molecular weight excluding hydrogens is 512 g/mol. The third-order valence-corrected chi connectivity index (χ3v) is 7.81. The Kier molecular flexibility index (Phi) is 8.74. The summed E-state index contributed by atoms with van der Waals surface area (Å²) in [5.74, 6) is -5.30. The number of hydrogen-bond acceptors (Lipinski definition) is 11. The summed E-state index contributed by atoms with van der Waals surface area (Å²) in [6.45, 7) is 9.58. The lowest BCUT2D eigenvalue weighted by Gasteiger charge is -2.53. The van der Waals surface area contributed by atoms with Gasteiger partial charge >= 0.3 is 29.8 Å². The molecule has 0 radical (unpaired) electrons. The van der Waals surface area contributed by atoms with Crippen LogP contribution in [0.3, 0.4) is 0 Å². The molecule has 1 unspecified atom stereocenters. The summed E-state index contributed by atoms with van der Waals surface area (Å²) in [6, 6.07) is 0. The quantitative estimate of drug-likeness (QED) is 0.305. The summed E-state index contributed by atoms with van der Waals surface area (Å²) in [5, 5.41) is 12.3. The van der Waals surface area contributed by atoms with Crippen molar-refractivity contribution in [3.8, 4) is 0 Å². The second-order valence-electron chi connectivity index (χ2n) is 10.5. The van der Waals surface area contributed by atoms with E-state index in [4.69, 9.17) is 23.7 Å². The van der Waals surface area contributed by atoms with Crippen molar-refractivity contribution < 1.29 is 52.8 Å². The molecule has 0 aromatic heterocycles. The van der Waals surface area contributed by atoms with Gasteiger partial charge in [-0.1, -0.05) is 24.6 Å². The first kappa shape index (κ1) is 30.1. The van der Waals surface area contributed by atoms with Gasteiger partial charge in [0.15, 0.2) is 11.7 Å². The topological polar surface area (TPSA) is 152 Å². The molecule has 11 nitrogen and oxygen atoms in total. The van der Waals surface area contributed by atoms with Crippen LogP contribution in [0.1, 0.15) is 54.9 Å². The molecule has 8 atom stereocenters. The Morgan fingerprint density at radius 2 is 1.64 bits per heavy atom. The largest absolute Gasteiger partial charge is 0.461 e. The van der Waals surface area contributed by atoms with E-state index in [-0.39, 0.29) is 13.0 Å². The summed E-state index contributed by atoms with van der Waals surface area (Å²) in [4.78, 5) is 61.5. The minimum atomic E-state index is -2.10.